The van der Waals surface area contributed by atoms with Crippen molar-refractivity contribution in [2.45, 2.75) is 19.8 Å². The molecule has 2 N–H and O–H groups in total. The number of nitro groups is 1. The molecule has 0 radical (unpaired) electrons. The third-order valence-electron chi connectivity index (χ3n) is 3.70. The van der Waals surface area contributed by atoms with Gasteiger partial charge in [0.2, 0.25) is 0 Å². The van der Waals surface area contributed by atoms with E-state index in [-0.39, 0.29) is 18.3 Å². The van der Waals surface area contributed by atoms with Gasteiger partial charge in [-0.25, -0.2) is 4.79 Å². The van der Waals surface area contributed by atoms with Crippen LogP contribution in [0.4, 0.5) is 16.2 Å². The van der Waals surface area contributed by atoms with Crippen LogP contribution in [0.1, 0.15) is 18.4 Å². The van der Waals surface area contributed by atoms with Gasteiger partial charge in [0.05, 0.1) is 10.8 Å². The maximum Gasteiger partial charge on any atom is 0.321 e. The highest BCUT2D eigenvalue weighted by Gasteiger charge is 2.28. The van der Waals surface area contributed by atoms with Crippen molar-refractivity contribution in [2.75, 3.05) is 18.4 Å². The molecule has 118 valence electrons. The second-order valence-corrected chi connectivity index (χ2v) is 5.31. The number of likely N-dealkylation sites (tertiary alicyclic amines) is 1. The third-order valence-corrected chi connectivity index (χ3v) is 3.70. The molecule has 1 aliphatic heterocycles. The molecule has 2 amide bonds. The number of aryl methyl sites for hydroxylation is 1. The fourth-order valence-electron chi connectivity index (χ4n) is 2.50. The molecular weight excluding hydrogens is 290 g/mol. The Morgan fingerprint density at radius 3 is 2.77 bits per heavy atom. The number of hydrogen-bond donors (Lipinski definition) is 2. The van der Waals surface area contributed by atoms with E-state index in [1.807, 2.05) is 0 Å². The van der Waals surface area contributed by atoms with E-state index in [1.54, 1.807) is 6.92 Å². The lowest BCUT2D eigenvalue weighted by Crippen LogP contribution is -2.44. The number of piperidine rings is 1. The molecule has 0 saturated carbocycles. The van der Waals surface area contributed by atoms with E-state index in [9.17, 15) is 19.7 Å². The van der Waals surface area contributed by atoms with Crippen LogP contribution >= 0.6 is 0 Å². The summed E-state index contributed by atoms with van der Waals surface area (Å²) in [6.45, 7) is 2.27. The number of nitrogens with zero attached hydrogens (tertiary/aromatic N) is 2. The molecule has 8 heteroatoms. The first-order chi connectivity index (χ1) is 10.4. The molecule has 1 saturated heterocycles. The normalized spacial score (nSPS) is 17.9. The number of carbonyl (C=O) groups is 2. The molecule has 1 aromatic carbocycles. The van der Waals surface area contributed by atoms with Gasteiger partial charge in [-0.15, -0.1) is 0 Å². The Labute approximate surface area is 126 Å². The number of benzene rings is 1. The molecule has 1 fully saturated rings. The van der Waals surface area contributed by atoms with Crippen molar-refractivity contribution in [3.05, 3.63) is 33.9 Å². The second kappa shape index (κ2) is 6.42. The van der Waals surface area contributed by atoms with Crippen LogP contribution in [0.2, 0.25) is 0 Å². The average molecular weight is 307 g/mol. The number of carboxylic acid groups (broad SMARTS) is 1. The van der Waals surface area contributed by atoms with Gasteiger partial charge in [0, 0.05) is 30.4 Å². The Kier molecular flexibility index (Phi) is 4.59. The molecule has 22 heavy (non-hydrogen) atoms. The van der Waals surface area contributed by atoms with Crippen molar-refractivity contribution < 1.29 is 19.6 Å². The van der Waals surface area contributed by atoms with E-state index in [0.717, 1.165) is 0 Å². The van der Waals surface area contributed by atoms with Crippen molar-refractivity contribution in [3.8, 4) is 0 Å². The summed E-state index contributed by atoms with van der Waals surface area (Å²) in [6, 6.07) is 3.93. The van der Waals surface area contributed by atoms with Gasteiger partial charge >= 0.3 is 12.0 Å². The van der Waals surface area contributed by atoms with E-state index in [4.69, 9.17) is 5.11 Å². The van der Waals surface area contributed by atoms with Crippen LogP contribution in [0.3, 0.4) is 0 Å². The number of anilines is 1. The summed E-state index contributed by atoms with van der Waals surface area (Å²) in [4.78, 5) is 34.9. The summed E-state index contributed by atoms with van der Waals surface area (Å²) >= 11 is 0. The van der Waals surface area contributed by atoms with Crippen LogP contribution < -0.4 is 5.32 Å². The van der Waals surface area contributed by atoms with Crippen LogP contribution in [-0.4, -0.2) is 40.0 Å². The molecule has 8 nitrogen and oxygen atoms in total. The van der Waals surface area contributed by atoms with Crippen LogP contribution in [0, 0.1) is 23.0 Å². The fraction of sp³-hybridized carbons (Fsp3) is 0.429. The Bertz CT molecular complexity index is 616. The summed E-state index contributed by atoms with van der Waals surface area (Å²) < 4.78 is 0. The molecule has 0 aliphatic carbocycles. The quantitative estimate of drug-likeness (QED) is 0.656. The SMILES string of the molecule is Cc1cc(NC(=O)N2CCCC(C(=O)O)C2)ccc1[N+](=O)[O-]. The summed E-state index contributed by atoms with van der Waals surface area (Å²) in [7, 11) is 0. The average Bonchev–Trinajstić information content (AvgIpc) is 2.47. The Balaban J connectivity index is 2.04. The standard InChI is InChI=1S/C14H17N3O5/c1-9-7-11(4-5-12(9)17(21)22)15-14(20)16-6-2-3-10(8-16)13(18)19/h4-5,7,10H,2-3,6,8H2,1H3,(H,15,20)(H,18,19). The molecule has 1 aliphatic rings. The predicted molar refractivity (Wildman–Crippen MR) is 78.8 cm³/mol. The largest absolute Gasteiger partial charge is 0.481 e. The Morgan fingerprint density at radius 1 is 1.45 bits per heavy atom. The first kappa shape index (κ1) is 15.7. The van der Waals surface area contributed by atoms with E-state index in [0.29, 0.717) is 30.6 Å². The summed E-state index contributed by atoms with van der Waals surface area (Å²) in [5.74, 6) is -1.44. The fourth-order valence-corrected chi connectivity index (χ4v) is 2.50. The van der Waals surface area contributed by atoms with Gasteiger partial charge in [-0.3, -0.25) is 14.9 Å². The molecule has 1 unspecified atom stereocenters. The number of amides is 2. The third kappa shape index (κ3) is 3.51. The molecule has 2 rings (SSSR count). The lowest BCUT2D eigenvalue weighted by atomic mass is 9.99. The maximum absolute atomic E-state index is 12.2. The molecule has 0 bridgehead atoms. The van der Waals surface area contributed by atoms with Gasteiger partial charge in [0.15, 0.2) is 0 Å². The van der Waals surface area contributed by atoms with E-state index in [1.165, 1.54) is 23.1 Å². The van der Waals surface area contributed by atoms with Crippen molar-refractivity contribution in [3.63, 3.8) is 0 Å². The number of nitrogens with one attached hydrogen (secondary N) is 1. The number of carbonyl (C=O) groups excluding carboxylic acids is 1. The van der Waals surface area contributed by atoms with Gasteiger partial charge < -0.3 is 15.3 Å². The number of urea groups is 1. The zero-order valence-electron chi connectivity index (χ0n) is 12.1. The number of aliphatic carboxylic acids is 1. The summed E-state index contributed by atoms with van der Waals surface area (Å²) in [5.41, 5.74) is 0.886. The van der Waals surface area contributed by atoms with E-state index < -0.39 is 16.8 Å². The second-order valence-electron chi connectivity index (χ2n) is 5.31. The van der Waals surface area contributed by atoms with Crippen molar-refractivity contribution in [1.29, 1.82) is 0 Å². The monoisotopic (exact) mass is 307 g/mol. The first-order valence-electron chi connectivity index (χ1n) is 6.92. The minimum absolute atomic E-state index is 0.0121. The molecule has 1 aromatic rings. The van der Waals surface area contributed by atoms with Gasteiger partial charge in [0.1, 0.15) is 0 Å². The smallest absolute Gasteiger partial charge is 0.321 e. The molecule has 0 spiro atoms. The number of carboxylic acids is 1. The lowest BCUT2D eigenvalue weighted by molar-refractivity contribution is -0.385. The zero-order valence-corrected chi connectivity index (χ0v) is 12.1. The van der Waals surface area contributed by atoms with Crippen LogP contribution in [0.5, 0.6) is 0 Å². The Morgan fingerprint density at radius 2 is 2.18 bits per heavy atom. The van der Waals surface area contributed by atoms with Gasteiger partial charge in [-0.05, 0) is 31.9 Å². The van der Waals surface area contributed by atoms with Crippen LogP contribution in [-0.2, 0) is 4.79 Å². The van der Waals surface area contributed by atoms with Crippen molar-refractivity contribution in [2.24, 2.45) is 5.92 Å². The highest BCUT2D eigenvalue weighted by atomic mass is 16.6. The van der Waals surface area contributed by atoms with Gasteiger partial charge in [-0.1, -0.05) is 0 Å². The zero-order chi connectivity index (χ0) is 16.3. The van der Waals surface area contributed by atoms with E-state index >= 15 is 0 Å². The minimum Gasteiger partial charge on any atom is -0.481 e. The number of nitro benzene ring substituents is 1. The van der Waals surface area contributed by atoms with Crippen LogP contribution in [0.25, 0.3) is 0 Å². The van der Waals surface area contributed by atoms with Crippen molar-refractivity contribution >= 4 is 23.4 Å². The van der Waals surface area contributed by atoms with Crippen molar-refractivity contribution in [1.82, 2.24) is 4.90 Å². The topological polar surface area (TPSA) is 113 Å². The molecule has 0 aromatic heterocycles. The first-order valence-corrected chi connectivity index (χ1v) is 6.92. The van der Waals surface area contributed by atoms with Gasteiger partial charge in [-0.2, -0.15) is 0 Å². The van der Waals surface area contributed by atoms with E-state index in [2.05, 4.69) is 5.32 Å². The maximum atomic E-state index is 12.2. The highest BCUT2D eigenvalue weighted by molar-refractivity contribution is 5.90. The van der Waals surface area contributed by atoms with Crippen LogP contribution in [0.15, 0.2) is 18.2 Å². The molecule has 1 heterocycles. The van der Waals surface area contributed by atoms with Gasteiger partial charge in [0.25, 0.3) is 5.69 Å². The predicted octanol–water partition coefficient (Wildman–Crippen LogP) is 2.23. The molecule has 1 atom stereocenters. The lowest BCUT2D eigenvalue weighted by Gasteiger charge is -2.30. The minimum atomic E-state index is -0.899. The summed E-state index contributed by atoms with van der Waals surface area (Å²) in [6.07, 6.45) is 1.21. The number of rotatable bonds is 3. The Hall–Kier alpha value is -2.64. The summed E-state index contributed by atoms with van der Waals surface area (Å²) in [5, 5.41) is 22.4. The number of hydrogen-bond acceptors (Lipinski definition) is 4. The molecular formula is C14H17N3O5. The highest BCUT2D eigenvalue weighted by Crippen LogP contribution is 2.23.